The van der Waals surface area contributed by atoms with Gasteiger partial charge in [-0.15, -0.1) is 0 Å². The van der Waals surface area contributed by atoms with E-state index in [1.54, 1.807) is 0 Å². The van der Waals surface area contributed by atoms with Crippen LogP contribution < -0.4 is 5.73 Å². The minimum atomic E-state index is 0.671. The lowest BCUT2D eigenvalue weighted by Gasteiger charge is -2.31. The van der Waals surface area contributed by atoms with Crippen molar-refractivity contribution in [3.05, 3.63) is 18.0 Å². The van der Waals surface area contributed by atoms with Crippen LogP contribution in [0.1, 0.15) is 45.1 Å². The lowest BCUT2D eigenvalue weighted by atomic mass is 10.0. The minimum Gasteiger partial charge on any atom is -0.330 e. The van der Waals surface area contributed by atoms with Crippen molar-refractivity contribution in [2.45, 2.75) is 58.7 Å². The zero-order chi connectivity index (χ0) is 13.7. The van der Waals surface area contributed by atoms with E-state index in [0.717, 1.165) is 32.6 Å². The molecule has 4 nitrogen and oxygen atoms in total. The Morgan fingerprint density at radius 2 is 2.26 bits per heavy atom. The Labute approximate surface area is 117 Å². The summed E-state index contributed by atoms with van der Waals surface area (Å²) >= 11 is 0. The van der Waals surface area contributed by atoms with Gasteiger partial charge in [-0.05, 0) is 38.3 Å². The van der Waals surface area contributed by atoms with Crippen LogP contribution in [-0.2, 0) is 13.1 Å². The van der Waals surface area contributed by atoms with Crippen molar-refractivity contribution in [3.8, 4) is 0 Å². The van der Waals surface area contributed by atoms with E-state index < -0.39 is 0 Å². The van der Waals surface area contributed by atoms with Crippen LogP contribution in [0.3, 0.4) is 0 Å². The quantitative estimate of drug-likeness (QED) is 0.821. The molecule has 108 valence electrons. The van der Waals surface area contributed by atoms with Crippen LogP contribution in [0.4, 0.5) is 0 Å². The van der Waals surface area contributed by atoms with Gasteiger partial charge >= 0.3 is 0 Å². The predicted molar refractivity (Wildman–Crippen MR) is 78.8 cm³/mol. The smallest absolute Gasteiger partial charge is 0.0534 e. The molecule has 0 spiro atoms. The number of aromatic nitrogens is 2. The first-order chi connectivity index (χ1) is 9.28. The van der Waals surface area contributed by atoms with Gasteiger partial charge in [0.2, 0.25) is 0 Å². The van der Waals surface area contributed by atoms with E-state index in [0.29, 0.717) is 12.0 Å². The first-order valence-corrected chi connectivity index (χ1v) is 7.73. The van der Waals surface area contributed by atoms with E-state index in [-0.39, 0.29) is 0 Å². The second-order valence-corrected chi connectivity index (χ2v) is 5.67. The van der Waals surface area contributed by atoms with Crippen molar-refractivity contribution in [2.75, 3.05) is 13.1 Å². The molecule has 1 heterocycles. The maximum absolute atomic E-state index is 5.91. The third-order valence-electron chi connectivity index (χ3n) is 4.32. The maximum Gasteiger partial charge on any atom is 0.0534 e. The summed E-state index contributed by atoms with van der Waals surface area (Å²) in [7, 11) is 0. The summed E-state index contributed by atoms with van der Waals surface area (Å²) in [5.41, 5.74) is 7.24. The Kier molecular flexibility index (Phi) is 5.40. The van der Waals surface area contributed by atoms with Crippen molar-refractivity contribution >= 4 is 0 Å². The summed E-state index contributed by atoms with van der Waals surface area (Å²) in [6.45, 7) is 8.39. The van der Waals surface area contributed by atoms with Crippen LogP contribution in [0.15, 0.2) is 12.4 Å². The SMILES string of the molecule is CCCn1cc(CN(CC)C2CCCC2CN)cn1. The van der Waals surface area contributed by atoms with Crippen LogP contribution >= 0.6 is 0 Å². The molecule has 2 atom stereocenters. The third-order valence-corrected chi connectivity index (χ3v) is 4.32. The first kappa shape index (κ1) is 14.5. The summed E-state index contributed by atoms with van der Waals surface area (Å²) in [6, 6.07) is 0.671. The van der Waals surface area contributed by atoms with Crippen molar-refractivity contribution in [2.24, 2.45) is 11.7 Å². The molecule has 1 saturated carbocycles. The van der Waals surface area contributed by atoms with Crippen LogP contribution in [-0.4, -0.2) is 33.8 Å². The van der Waals surface area contributed by atoms with Crippen molar-refractivity contribution in [1.29, 1.82) is 0 Å². The highest BCUT2D eigenvalue weighted by Crippen LogP contribution is 2.30. The molecule has 0 saturated heterocycles. The highest BCUT2D eigenvalue weighted by molar-refractivity contribution is 5.04. The average molecular weight is 264 g/mol. The van der Waals surface area contributed by atoms with Crippen molar-refractivity contribution < 1.29 is 0 Å². The van der Waals surface area contributed by atoms with Gasteiger partial charge in [0.25, 0.3) is 0 Å². The van der Waals surface area contributed by atoms with Gasteiger partial charge in [0.15, 0.2) is 0 Å². The topological polar surface area (TPSA) is 47.1 Å². The summed E-state index contributed by atoms with van der Waals surface area (Å²) in [5.74, 6) is 0.686. The highest BCUT2D eigenvalue weighted by atomic mass is 15.3. The molecule has 2 rings (SSSR count). The fraction of sp³-hybridized carbons (Fsp3) is 0.800. The normalized spacial score (nSPS) is 23.4. The standard InChI is InChI=1S/C15H28N4/c1-3-8-19-12-13(10-17-19)11-18(4-2)15-7-5-6-14(15)9-16/h10,12,14-15H,3-9,11,16H2,1-2H3. The summed E-state index contributed by atoms with van der Waals surface area (Å²) < 4.78 is 2.05. The van der Waals surface area contributed by atoms with E-state index in [4.69, 9.17) is 5.73 Å². The Bertz CT molecular complexity index is 374. The molecule has 19 heavy (non-hydrogen) atoms. The van der Waals surface area contributed by atoms with Gasteiger partial charge in [-0.1, -0.05) is 20.3 Å². The third kappa shape index (κ3) is 3.57. The highest BCUT2D eigenvalue weighted by Gasteiger charge is 2.30. The zero-order valence-corrected chi connectivity index (χ0v) is 12.4. The van der Waals surface area contributed by atoms with Gasteiger partial charge in [0.1, 0.15) is 0 Å². The molecular formula is C15H28N4. The van der Waals surface area contributed by atoms with Crippen LogP contribution in [0.2, 0.25) is 0 Å². The number of nitrogens with two attached hydrogens (primary N) is 1. The Balaban J connectivity index is 1.97. The molecule has 1 aliphatic rings. The summed E-state index contributed by atoms with van der Waals surface area (Å²) in [6.07, 6.45) is 9.28. The fourth-order valence-electron chi connectivity index (χ4n) is 3.31. The monoisotopic (exact) mass is 264 g/mol. The molecule has 1 fully saturated rings. The van der Waals surface area contributed by atoms with Gasteiger partial charge in [-0.25, -0.2) is 0 Å². The molecule has 1 aliphatic carbocycles. The largest absolute Gasteiger partial charge is 0.330 e. The number of aryl methyl sites for hydroxylation is 1. The zero-order valence-electron chi connectivity index (χ0n) is 12.4. The molecule has 1 aromatic rings. The average Bonchev–Trinajstić information content (AvgIpc) is 3.05. The van der Waals surface area contributed by atoms with E-state index in [9.17, 15) is 0 Å². The minimum absolute atomic E-state index is 0.671. The lowest BCUT2D eigenvalue weighted by Crippen LogP contribution is -2.39. The second-order valence-electron chi connectivity index (χ2n) is 5.67. The molecule has 0 radical (unpaired) electrons. The van der Waals surface area contributed by atoms with E-state index in [2.05, 4.69) is 34.7 Å². The molecule has 4 heteroatoms. The molecule has 0 amide bonds. The number of nitrogens with zero attached hydrogens (tertiary/aromatic N) is 3. The lowest BCUT2D eigenvalue weighted by molar-refractivity contribution is 0.162. The summed E-state index contributed by atoms with van der Waals surface area (Å²) in [5, 5.41) is 4.42. The van der Waals surface area contributed by atoms with Crippen molar-refractivity contribution in [1.82, 2.24) is 14.7 Å². The van der Waals surface area contributed by atoms with Gasteiger partial charge < -0.3 is 5.73 Å². The molecule has 0 aliphatic heterocycles. The Morgan fingerprint density at radius 3 is 2.95 bits per heavy atom. The van der Waals surface area contributed by atoms with E-state index in [1.807, 2.05) is 6.20 Å². The predicted octanol–water partition coefficient (Wildman–Crippen LogP) is 2.24. The number of hydrogen-bond donors (Lipinski definition) is 1. The van der Waals surface area contributed by atoms with Crippen molar-refractivity contribution in [3.63, 3.8) is 0 Å². The van der Waals surface area contributed by atoms with Gasteiger partial charge in [0, 0.05) is 30.9 Å². The molecule has 0 aromatic carbocycles. The Hall–Kier alpha value is -0.870. The van der Waals surface area contributed by atoms with Crippen LogP contribution in [0.25, 0.3) is 0 Å². The van der Waals surface area contributed by atoms with E-state index in [1.165, 1.54) is 24.8 Å². The van der Waals surface area contributed by atoms with Gasteiger partial charge in [0.05, 0.1) is 6.20 Å². The van der Waals surface area contributed by atoms with E-state index >= 15 is 0 Å². The Morgan fingerprint density at radius 1 is 1.42 bits per heavy atom. The van der Waals surface area contributed by atoms with Gasteiger partial charge in [-0.3, -0.25) is 9.58 Å². The molecular weight excluding hydrogens is 236 g/mol. The number of rotatable bonds is 7. The molecule has 2 N–H and O–H groups in total. The molecule has 2 unspecified atom stereocenters. The summed E-state index contributed by atoms with van der Waals surface area (Å²) in [4.78, 5) is 2.58. The first-order valence-electron chi connectivity index (χ1n) is 7.73. The van der Waals surface area contributed by atoms with Crippen LogP contribution in [0, 0.1) is 5.92 Å². The second kappa shape index (κ2) is 7.06. The number of hydrogen-bond acceptors (Lipinski definition) is 3. The molecule has 1 aromatic heterocycles. The van der Waals surface area contributed by atoms with Crippen LogP contribution in [0.5, 0.6) is 0 Å². The van der Waals surface area contributed by atoms with Gasteiger partial charge in [-0.2, -0.15) is 5.10 Å². The maximum atomic E-state index is 5.91. The molecule has 0 bridgehead atoms. The fourth-order valence-corrected chi connectivity index (χ4v) is 3.31.